The number of rotatable bonds is 7. The Bertz CT molecular complexity index is 958. The molecule has 3 heteroatoms. The fraction of sp³-hybridized carbons (Fsp3) is 0.348. The van der Waals surface area contributed by atoms with Crippen LogP contribution in [0.4, 0.5) is 0 Å². The molecule has 0 saturated carbocycles. The van der Waals surface area contributed by atoms with E-state index in [0.29, 0.717) is 0 Å². The first-order chi connectivity index (χ1) is 12.6. The van der Waals surface area contributed by atoms with E-state index < -0.39 is 0 Å². The van der Waals surface area contributed by atoms with Crippen LogP contribution in [0.1, 0.15) is 59.6 Å². The molecule has 1 aromatic carbocycles. The van der Waals surface area contributed by atoms with Crippen LogP contribution in [0.25, 0.3) is 17.0 Å². The Morgan fingerprint density at radius 3 is 2.54 bits per heavy atom. The van der Waals surface area contributed by atoms with Crippen molar-refractivity contribution in [3.8, 4) is 0 Å². The van der Waals surface area contributed by atoms with Crippen LogP contribution in [0, 0.1) is 13.8 Å². The molecule has 0 atom stereocenters. The molecule has 0 amide bonds. The Kier molecular flexibility index (Phi) is 5.77. The highest BCUT2D eigenvalue weighted by molar-refractivity contribution is 7.10. The molecule has 2 nitrogen and oxygen atoms in total. The minimum Gasteiger partial charge on any atom is -0.344 e. The van der Waals surface area contributed by atoms with Gasteiger partial charge in [0.15, 0.2) is 5.78 Å². The van der Waals surface area contributed by atoms with E-state index in [2.05, 4.69) is 68.0 Å². The predicted molar refractivity (Wildman–Crippen MR) is 113 cm³/mol. The lowest BCUT2D eigenvalue weighted by molar-refractivity contribution is 0.103. The summed E-state index contributed by atoms with van der Waals surface area (Å²) in [5, 5.41) is 3.17. The molecule has 2 heterocycles. The molecule has 0 aliphatic rings. The summed E-state index contributed by atoms with van der Waals surface area (Å²) in [6.45, 7) is 9.45. The van der Waals surface area contributed by atoms with Gasteiger partial charge >= 0.3 is 0 Å². The van der Waals surface area contributed by atoms with Crippen molar-refractivity contribution in [2.24, 2.45) is 0 Å². The maximum Gasteiger partial charge on any atom is 0.191 e. The van der Waals surface area contributed by atoms with Gasteiger partial charge in [-0.1, -0.05) is 38.5 Å². The van der Waals surface area contributed by atoms with E-state index in [1.54, 1.807) is 11.3 Å². The Morgan fingerprint density at radius 2 is 1.88 bits per heavy atom. The number of Topliss-reactive ketones (excluding diaryl/α,β-unsaturated/α-hetero) is 1. The highest BCUT2D eigenvalue weighted by atomic mass is 32.1. The second-order valence-corrected chi connectivity index (χ2v) is 7.93. The Balaban J connectivity index is 2.15. The van der Waals surface area contributed by atoms with Crippen molar-refractivity contribution in [3.05, 3.63) is 63.0 Å². The van der Waals surface area contributed by atoms with Gasteiger partial charge in [-0.15, -0.1) is 11.3 Å². The minimum atomic E-state index is 0.181. The number of carbonyl (C=O) groups excluding carboxylic acids is 1. The first-order valence-electron chi connectivity index (χ1n) is 9.45. The summed E-state index contributed by atoms with van der Waals surface area (Å²) < 4.78 is 2.29. The number of para-hydroxylation sites is 1. The van der Waals surface area contributed by atoms with Crippen LogP contribution in [0.5, 0.6) is 0 Å². The standard InChI is InChI=1S/C23H27NOS/c1-5-9-19(15-18-12-14-26-17(18)4)23(25)22-16(3)24(13-6-2)21-11-8-7-10-20(21)22/h7-8,10-12,14-15H,5-6,9,13H2,1-4H3/b19-15+. The van der Waals surface area contributed by atoms with Crippen molar-refractivity contribution in [1.82, 2.24) is 4.57 Å². The summed E-state index contributed by atoms with van der Waals surface area (Å²) in [6, 6.07) is 10.4. The van der Waals surface area contributed by atoms with Gasteiger partial charge in [0.25, 0.3) is 0 Å². The van der Waals surface area contributed by atoms with E-state index in [-0.39, 0.29) is 5.78 Å². The van der Waals surface area contributed by atoms with Crippen LogP contribution in [-0.4, -0.2) is 10.4 Å². The van der Waals surface area contributed by atoms with Gasteiger partial charge in [-0.25, -0.2) is 0 Å². The molecule has 3 aromatic rings. The van der Waals surface area contributed by atoms with Crippen LogP contribution in [-0.2, 0) is 6.54 Å². The molecule has 0 bridgehead atoms. The van der Waals surface area contributed by atoms with Crippen molar-refractivity contribution in [2.75, 3.05) is 0 Å². The number of nitrogens with zero attached hydrogens (tertiary/aromatic N) is 1. The maximum atomic E-state index is 13.5. The van der Waals surface area contributed by atoms with E-state index in [1.165, 1.54) is 10.4 Å². The second kappa shape index (κ2) is 8.05. The molecule has 0 radical (unpaired) electrons. The largest absolute Gasteiger partial charge is 0.344 e. The SMILES string of the molecule is CCC/C(=C\c1ccsc1C)C(=O)c1c(C)n(CCC)c2ccccc12. The summed E-state index contributed by atoms with van der Waals surface area (Å²) in [7, 11) is 0. The lowest BCUT2D eigenvalue weighted by Crippen LogP contribution is -2.07. The van der Waals surface area contributed by atoms with Crippen LogP contribution in [0.2, 0.25) is 0 Å². The number of carbonyl (C=O) groups is 1. The minimum absolute atomic E-state index is 0.181. The van der Waals surface area contributed by atoms with Gasteiger partial charge in [0, 0.05) is 33.6 Å². The molecule has 2 aromatic heterocycles. The van der Waals surface area contributed by atoms with Gasteiger partial charge in [-0.05, 0) is 55.8 Å². The Labute approximate surface area is 160 Å². The molecular weight excluding hydrogens is 338 g/mol. The molecule has 0 fully saturated rings. The normalized spacial score (nSPS) is 12.1. The number of hydrogen-bond donors (Lipinski definition) is 0. The lowest BCUT2D eigenvalue weighted by Gasteiger charge is -2.08. The van der Waals surface area contributed by atoms with Crippen LogP contribution < -0.4 is 0 Å². The van der Waals surface area contributed by atoms with Crippen molar-refractivity contribution in [1.29, 1.82) is 0 Å². The summed E-state index contributed by atoms with van der Waals surface area (Å²) in [5.41, 5.74) is 5.21. The van der Waals surface area contributed by atoms with Gasteiger partial charge < -0.3 is 4.57 Å². The number of fused-ring (bicyclic) bond motifs is 1. The first-order valence-corrected chi connectivity index (χ1v) is 10.3. The quantitative estimate of drug-likeness (QED) is 0.333. The second-order valence-electron chi connectivity index (χ2n) is 6.81. The summed E-state index contributed by atoms with van der Waals surface area (Å²) >= 11 is 1.73. The van der Waals surface area contributed by atoms with Crippen LogP contribution in [0.3, 0.4) is 0 Å². The van der Waals surface area contributed by atoms with Gasteiger partial charge in [-0.2, -0.15) is 0 Å². The van der Waals surface area contributed by atoms with E-state index in [9.17, 15) is 4.79 Å². The summed E-state index contributed by atoms with van der Waals surface area (Å²) in [5.74, 6) is 0.181. The van der Waals surface area contributed by atoms with Crippen molar-refractivity contribution >= 4 is 34.1 Å². The van der Waals surface area contributed by atoms with E-state index in [0.717, 1.165) is 53.5 Å². The molecule has 0 unspecified atom stereocenters. The van der Waals surface area contributed by atoms with Gasteiger partial charge in [-0.3, -0.25) is 4.79 Å². The van der Waals surface area contributed by atoms with Gasteiger partial charge in [0.1, 0.15) is 0 Å². The molecule has 136 valence electrons. The number of allylic oxidation sites excluding steroid dienone is 1. The Hall–Kier alpha value is -2.13. The first kappa shape index (κ1) is 18.7. The van der Waals surface area contributed by atoms with E-state index in [4.69, 9.17) is 0 Å². The fourth-order valence-electron chi connectivity index (χ4n) is 3.64. The Morgan fingerprint density at radius 1 is 1.12 bits per heavy atom. The third kappa shape index (κ3) is 3.41. The molecule has 0 aliphatic carbocycles. The lowest BCUT2D eigenvalue weighted by atomic mass is 9.95. The zero-order valence-corrected chi connectivity index (χ0v) is 17.0. The molecule has 0 aliphatic heterocycles. The molecule has 3 rings (SSSR count). The molecular formula is C23H27NOS. The number of ketones is 1. The van der Waals surface area contributed by atoms with Crippen molar-refractivity contribution in [2.45, 2.75) is 53.5 Å². The highest BCUT2D eigenvalue weighted by Gasteiger charge is 2.22. The van der Waals surface area contributed by atoms with Gasteiger partial charge in [0.05, 0.1) is 5.56 Å². The fourth-order valence-corrected chi connectivity index (χ4v) is 4.32. The smallest absolute Gasteiger partial charge is 0.191 e. The number of benzene rings is 1. The number of aryl methyl sites for hydroxylation is 2. The third-order valence-electron chi connectivity index (χ3n) is 4.94. The summed E-state index contributed by atoms with van der Waals surface area (Å²) in [4.78, 5) is 14.8. The zero-order valence-electron chi connectivity index (χ0n) is 16.1. The number of thiophene rings is 1. The van der Waals surface area contributed by atoms with Crippen molar-refractivity contribution in [3.63, 3.8) is 0 Å². The number of aromatic nitrogens is 1. The number of hydrogen-bond acceptors (Lipinski definition) is 2. The topological polar surface area (TPSA) is 22.0 Å². The zero-order chi connectivity index (χ0) is 18.7. The van der Waals surface area contributed by atoms with Crippen LogP contribution >= 0.6 is 11.3 Å². The van der Waals surface area contributed by atoms with E-state index >= 15 is 0 Å². The molecule has 0 spiro atoms. The predicted octanol–water partition coefficient (Wildman–Crippen LogP) is 6.80. The van der Waals surface area contributed by atoms with Crippen LogP contribution in [0.15, 0.2) is 41.3 Å². The maximum absolute atomic E-state index is 13.5. The average molecular weight is 366 g/mol. The molecule has 0 N–H and O–H groups in total. The highest BCUT2D eigenvalue weighted by Crippen LogP contribution is 2.30. The third-order valence-corrected chi connectivity index (χ3v) is 5.81. The molecule has 0 saturated heterocycles. The van der Waals surface area contributed by atoms with Crippen molar-refractivity contribution < 1.29 is 4.79 Å². The average Bonchev–Trinajstić information content (AvgIpc) is 3.16. The van der Waals surface area contributed by atoms with Gasteiger partial charge in [0.2, 0.25) is 0 Å². The summed E-state index contributed by atoms with van der Waals surface area (Å²) in [6.07, 6.45) is 4.93. The monoisotopic (exact) mass is 365 g/mol. The van der Waals surface area contributed by atoms with E-state index in [1.807, 2.05) is 6.07 Å². The molecule has 26 heavy (non-hydrogen) atoms.